The fourth-order valence-electron chi connectivity index (χ4n) is 3.00. The number of nitriles is 2. The van der Waals surface area contributed by atoms with Crippen LogP contribution in [-0.4, -0.2) is 25.2 Å². The summed E-state index contributed by atoms with van der Waals surface area (Å²) in [5.74, 6) is 0.229. The summed E-state index contributed by atoms with van der Waals surface area (Å²) in [6.07, 6.45) is 3.49. The molecule has 1 fully saturated rings. The number of ether oxygens (including phenoxy) is 2. The molecular formula is C23H21N3O3. The standard InChI is InChI=1S/C23H21N3O3/c24-13-18-4-1-2-5-19(18)16-29-21-9-7-17(8-10-21)12-20(14-25)23(27)26-15-22-6-3-11-28-22/h1-2,4-5,7-10,12,22H,3,6,11,15-16H2,(H,26,27)/b20-12+/t22-/m0/s1. The molecule has 6 nitrogen and oxygen atoms in total. The van der Waals surface area contributed by atoms with Crippen molar-refractivity contribution in [3.05, 3.63) is 70.8 Å². The van der Waals surface area contributed by atoms with Crippen LogP contribution in [-0.2, 0) is 16.1 Å². The molecule has 0 bridgehead atoms. The lowest BCUT2D eigenvalue weighted by molar-refractivity contribution is -0.117. The topological polar surface area (TPSA) is 95.1 Å². The van der Waals surface area contributed by atoms with Crippen LogP contribution in [0.4, 0.5) is 0 Å². The number of rotatable bonds is 7. The Morgan fingerprint density at radius 1 is 1.21 bits per heavy atom. The van der Waals surface area contributed by atoms with E-state index >= 15 is 0 Å². The van der Waals surface area contributed by atoms with Crippen molar-refractivity contribution in [1.29, 1.82) is 10.5 Å². The Kier molecular flexibility index (Phi) is 7.00. The number of hydrogen-bond donors (Lipinski definition) is 1. The number of nitrogens with zero attached hydrogens (tertiary/aromatic N) is 2. The van der Waals surface area contributed by atoms with Gasteiger partial charge in [0.2, 0.25) is 0 Å². The van der Waals surface area contributed by atoms with E-state index in [0.29, 0.717) is 17.9 Å². The fourth-order valence-corrected chi connectivity index (χ4v) is 3.00. The fraction of sp³-hybridized carbons (Fsp3) is 0.261. The van der Waals surface area contributed by atoms with E-state index in [0.717, 1.165) is 30.6 Å². The lowest BCUT2D eigenvalue weighted by atomic mass is 10.1. The molecule has 0 saturated carbocycles. The molecule has 2 aromatic carbocycles. The van der Waals surface area contributed by atoms with Gasteiger partial charge in [-0.15, -0.1) is 0 Å². The second-order valence-corrected chi connectivity index (χ2v) is 6.64. The Hall–Kier alpha value is -3.61. The first-order chi connectivity index (χ1) is 14.2. The van der Waals surface area contributed by atoms with Gasteiger partial charge in [0.25, 0.3) is 5.91 Å². The Labute approximate surface area is 170 Å². The molecule has 2 aromatic rings. The van der Waals surface area contributed by atoms with Crippen molar-refractivity contribution in [3.8, 4) is 17.9 Å². The molecule has 0 aromatic heterocycles. The maximum Gasteiger partial charge on any atom is 0.262 e. The normalized spacial score (nSPS) is 15.9. The van der Waals surface area contributed by atoms with E-state index in [-0.39, 0.29) is 18.3 Å². The van der Waals surface area contributed by atoms with E-state index in [1.807, 2.05) is 24.3 Å². The Balaban J connectivity index is 1.58. The predicted molar refractivity (Wildman–Crippen MR) is 108 cm³/mol. The highest BCUT2D eigenvalue weighted by Crippen LogP contribution is 2.17. The summed E-state index contributed by atoms with van der Waals surface area (Å²) in [5.41, 5.74) is 2.16. The molecule has 1 saturated heterocycles. The summed E-state index contributed by atoms with van der Waals surface area (Å²) in [4.78, 5) is 12.2. The third-order valence-corrected chi connectivity index (χ3v) is 4.60. The maximum atomic E-state index is 12.2. The number of benzene rings is 2. The van der Waals surface area contributed by atoms with E-state index in [9.17, 15) is 10.1 Å². The van der Waals surface area contributed by atoms with Crippen molar-refractivity contribution in [2.24, 2.45) is 0 Å². The Bertz CT molecular complexity index is 962. The SMILES string of the molecule is N#C/C(=C\c1ccc(OCc2ccccc2C#N)cc1)C(=O)NC[C@@H]1CCCO1. The van der Waals surface area contributed by atoms with Crippen LogP contribution in [0.2, 0.25) is 0 Å². The number of nitrogens with one attached hydrogen (secondary N) is 1. The summed E-state index contributed by atoms with van der Waals surface area (Å²) < 4.78 is 11.2. The van der Waals surface area contributed by atoms with Gasteiger partial charge in [0.05, 0.1) is 17.7 Å². The van der Waals surface area contributed by atoms with Crippen LogP contribution >= 0.6 is 0 Å². The van der Waals surface area contributed by atoms with E-state index in [2.05, 4.69) is 11.4 Å². The Morgan fingerprint density at radius 2 is 2.00 bits per heavy atom. The molecule has 29 heavy (non-hydrogen) atoms. The van der Waals surface area contributed by atoms with Crippen molar-refractivity contribution >= 4 is 12.0 Å². The number of amides is 1. The zero-order valence-corrected chi connectivity index (χ0v) is 15.9. The molecule has 3 rings (SSSR count). The summed E-state index contributed by atoms with van der Waals surface area (Å²) in [6, 6.07) is 18.4. The van der Waals surface area contributed by atoms with Crippen molar-refractivity contribution in [3.63, 3.8) is 0 Å². The monoisotopic (exact) mass is 387 g/mol. The first-order valence-electron chi connectivity index (χ1n) is 9.42. The summed E-state index contributed by atoms with van der Waals surface area (Å²) in [6.45, 7) is 1.42. The third kappa shape index (κ3) is 5.68. The molecule has 1 aliphatic rings. The van der Waals surface area contributed by atoms with Crippen molar-refractivity contribution in [2.75, 3.05) is 13.2 Å². The van der Waals surface area contributed by atoms with Gasteiger partial charge in [-0.05, 0) is 42.7 Å². The van der Waals surface area contributed by atoms with Gasteiger partial charge in [-0.25, -0.2) is 0 Å². The minimum atomic E-state index is -0.406. The average Bonchev–Trinajstić information content (AvgIpc) is 3.29. The van der Waals surface area contributed by atoms with Crippen LogP contribution in [0.1, 0.15) is 29.5 Å². The second kappa shape index (κ2) is 10.1. The summed E-state index contributed by atoms with van der Waals surface area (Å²) >= 11 is 0. The molecule has 1 atom stereocenters. The highest BCUT2D eigenvalue weighted by atomic mass is 16.5. The molecule has 0 unspecified atom stereocenters. The molecule has 1 aliphatic heterocycles. The minimum Gasteiger partial charge on any atom is -0.489 e. The highest BCUT2D eigenvalue weighted by Gasteiger charge is 2.17. The largest absolute Gasteiger partial charge is 0.489 e. The van der Waals surface area contributed by atoms with E-state index in [1.54, 1.807) is 36.4 Å². The maximum absolute atomic E-state index is 12.2. The molecule has 0 radical (unpaired) electrons. The molecule has 0 aliphatic carbocycles. The van der Waals surface area contributed by atoms with E-state index in [1.165, 1.54) is 0 Å². The molecular weight excluding hydrogens is 366 g/mol. The molecule has 0 spiro atoms. The Morgan fingerprint density at radius 3 is 2.69 bits per heavy atom. The summed E-state index contributed by atoms with van der Waals surface area (Å²) in [5, 5.41) is 21.2. The lowest BCUT2D eigenvalue weighted by Gasteiger charge is -2.10. The quantitative estimate of drug-likeness (QED) is 0.581. The highest BCUT2D eigenvalue weighted by molar-refractivity contribution is 6.01. The molecule has 6 heteroatoms. The van der Waals surface area contributed by atoms with Crippen LogP contribution < -0.4 is 10.1 Å². The van der Waals surface area contributed by atoms with Gasteiger partial charge in [-0.3, -0.25) is 4.79 Å². The van der Waals surface area contributed by atoms with Gasteiger partial charge in [-0.2, -0.15) is 10.5 Å². The van der Waals surface area contributed by atoms with E-state index in [4.69, 9.17) is 14.7 Å². The van der Waals surface area contributed by atoms with Gasteiger partial charge < -0.3 is 14.8 Å². The molecule has 1 amide bonds. The minimum absolute atomic E-state index is 0.0292. The zero-order valence-electron chi connectivity index (χ0n) is 15.9. The first-order valence-corrected chi connectivity index (χ1v) is 9.42. The summed E-state index contributed by atoms with van der Waals surface area (Å²) in [7, 11) is 0. The van der Waals surface area contributed by atoms with Gasteiger partial charge >= 0.3 is 0 Å². The second-order valence-electron chi connectivity index (χ2n) is 6.64. The van der Waals surface area contributed by atoms with Crippen LogP contribution in [0.3, 0.4) is 0 Å². The predicted octanol–water partition coefficient (Wildman–Crippen LogP) is 3.34. The number of hydrogen-bond acceptors (Lipinski definition) is 5. The first kappa shape index (κ1) is 20.1. The number of carbonyl (C=O) groups excluding carboxylic acids is 1. The van der Waals surface area contributed by atoms with Crippen molar-refractivity contribution in [2.45, 2.75) is 25.6 Å². The van der Waals surface area contributed by atoms with Crippen molar-refractivity contribution in [1.82, 2.24) is 5.32 Å². The van der Waals surface area contributed by atoms with Gasteiger partial charge in [0.15, 0.2) is 0 Å². The van der Waals surface area contributed by atoms with Gasteiger partial charge in [-0.1, -0.05) is 30.3 Å². The smallest absolute Gasteiger partial charge is 0.262 e. The van der Waals surface area contributed by atoms with Crippen LogP contribution in [0, 0.1) is 22.7 Å². The van der Waals surface area contributed by atoms with Crippen LogP contribution in [0.15, 0.2) is 54.1 Å². The molecule has 1 heterocycles. The van der Waals surface area contributed by atoms with Crippen LogP contribution in [0.25, 0.3) is 6.08 Å². The van der Waals surface area contributed by atoms with Gasteiger partial charge in [0.1, 0.15) is 24.0 Å². The molecule has 146 valence electrons. The third-order valence-electron chi connectivity index (χ3n) is 4.60. The zero-order chi connectivity index (χ0) is 20.5. The van der Waals surface area contributed by atoms with E-state index < -0.39 is 5.91 Å². The average molecular weight is 387 g/mol. The van der Waals surface area contributed by atoms with Crippen molar-refractivity contribution < 1.29 is 14.3 Å². The molecule has 1 N–H and O–H groups in total. The van der Waals surface area contributed by atoms with Crippen LogP contribution in [0.5, 0.6) is 5.75 Å². The lowest BCUT2D eigenvalue weighted by Crippen LogP contribution is -2.32. The van der Waals surface area contributed by atoms with Gasteiger partial charge in [0, 0.05) is 18.7 Å². The number of carbonyl (C=O) groups is 1.